The molecule has 0 aliphatic carbocycles. The summed E-state index contributed by atoms with van der Waals surface area (Å²) in [4.78, 5) is 32.1. The third-order valence-electron chi connectivity index (χ3n) is 5.73. The Kier molecular flexibility index (Phi) is 8.19. The standard InChI is InChI=1S/C28H29ClN2O5S/c1-6-13-35-21-12-11-18(14-22(21)34-5)15-23-26(32)31-25(19-9-7-8-10-20(19)29)24(27(33)36-16(2)3)17(4)30-28(31)37-23/h7-12,14-16,25H,6,13H2,1-5H3. The van der Waals surface area contributed by atoms with E-state index in [0.717, 1.165) is 12.0 Å². The lowest BCUT2D eigenvalue weighted by atomic mass is 9.96. The quantitative estimate of drug-likeness (QED) is 0.389. The number of carbonyl (C=O) groups is 1. The Morgan fingerprint density at radius 2 is 1.97 bits per heavy atom. The molecule has 0 N–H and O–H groups in total. The highest BCUT2D eigenvalue weighted by Gasteiger charge is 2.34. The molecule has 37 heavy (non-hydrogen) atoms. The van der Waals surface area contributed by atoms with Crippen LogP contribution in [-0.4, -0.2) is 30.4 Å². The second kappa shape index (κ2) is 11.4. The Bertz CT molecular complexity index is 1540. The number of thiazole rings is 1. The molecule has 3 aromatic rings. The van der Waals surface area contributed by atoms with E-state index < -0.39 is 12.0 Å². The van der Waals surface area contributed by atoms with Crippen molar-refractivity contribution < 1.29 is 19.0 Å². The first-order chi connectivity index (χ1) is 17.7. The minimum absolute atomic E-state index is 0.277. The summed E-state index contributed by atoms with van der Waals surface area (Å²) in [5, 5.41) is 0.444. The van der Waals surface area contributed by atoms with Crippen LogP contribution in [0.3, 0.4) is 0 Å². The van der Waals surface area contributed by atoms with Crippen LogP contribution in [0.4, 0.5) is 0 Å². The Balaban J connectivity index is 1.88. The molecule has 0 saturated heterocycles. The molecule has 2 heterocycles. The van der Waals surface area contributed by atoms with Crippen molar-refractivity contribution >= 4 is 35.0 Å². The van der Waals surface area contributed by atoms with Gasteiger partial charge in [-0.05, 0) is 62.6 Å². The van der Waals surface area contributed by atoms with Crippen molar-refractivity contribution in [1.82, 2.24) is 4.57 Å². The maximum atomic E-state index is 13.8. The summed E-state index contributed by atoms with van der Waals surface area (Å²) in [7, 11) is 1.58. The van der Waals surface area contributed by atoms with Gasteiger partial charge < -0.3 is 14.2 Å². The number of methoxy groups -OCH3 is 1. The fourth-order valence-electron chi connectivity index (χ4n) is 4.11. The average molecular weight is 541 g/mol. The number of benzene rings is 2. The van der Waals surface area contributed by atoms with Gasteiger partial charge in [-0.2, -0.15) is 0 Å². The van der Waals surface area contributed by atoms with E-state index in [9.17, 15) is 9.59 Å². The van der Waals surface area contributed by atoms with Gasteiger partial charge in [0.1, 0.15) is 6.04 Å². The zero-order chi connectivity index (χ0) is 26.7. The van der Waals surface area contributed by atoms with Gasteiger partial charge in [0.2, 0.25) is 0 Å². The summed E-state index contributed by atoms with van der Waals surface area (Å²) >= 11 is 7.82. The number of ether oxygens (including phenoxy) is 3. The second-order valence-electron chi connectivity index (χ2n) is 8.82. The topological polar surface area (TPSA) is 79.1 Å². The molecule has 4 rings (SSSR count). The normalized spacial score (nSPS) is 15.4. The van der Waals surface area contributed by atoms with E-state index in [-0.39, 0.29) is 11.7 Å². The van der Waals surface area contributed by atoms with Gasteiger partial charge in [-0.15, -0.1) is 0 Å². The van der Waals surface area contributed by atoms with Gasteiger partial charge in [0.05, 0.1) is 35.6 Å². The average Bonchev–Trinajstić information content (AvgIpc) is 3.16. The highest BCUT2D eigenvalue weighted by atomic mass is 35.5. The monoisotopic (exact) mass is 540 g/mol. The fraction of sp³-hybridized carbons (Fsp3) is 0.321. The number of esters is 1. The maximum absolute atomic E-state index is 13.8. The van der Waals surface area contributed by atoms with Crippen molar-refractivity contribution in [2.75, 3.05) is 13.7 Å². The summed E-state index contributed by atoms with van der Waals surface area (Å²) in [6, 6.07) is 11.9. The van der Waals surface area contributed by atoms with Crippen LogP contribution < -0.4 is 24.4 Å². The molecule has 1 aliphatic rings. The van der Waals surface area contributed by atoms with Gasteiger partial charge in [-0.25, -0.2) is 9.79 Å². The van der Waals surface area contributed by atoms with E-state index in [4.69, 9.17) is 25.8 Å². The largest absolute Gasteiger partial charge is 0.493 e. The lowest BCUT2D eigenvalue weighted by Gasteiger charge is -2.26. The Hall–Kier alpha value is -3.36. The first kappa shape index (κ1) is 26.7. The number of hydrogen-bond donors (Lipinski definition) is 0. The van der Waals surface area contributed by atoms with Crippen LogP contribution in [-0.2, 0) is 9.53 Å². The maximum Gasteiger partial charge on any atom is 0.338 e. The zero-order valence-electron chi connectivity index (χ0n) is 21.4. The molecule has 1 atom stereocenters. The third-order valence-corrected chi connectivity index (χ3v) is 7.06. The number of rotatable bonds is 8. The van der Waals surface area contributed by atoms with E-state index in [1.165, 1.54) is 15.9 Å². The van der Waals surface area contributed by atoms with Crippen molar-refractivity contribution in [2.24, 2.45) is 4.99 Å². The smallest absolute Gasteiger partial charge is 0.338 e. The molecule has 1 aliphatic heterocycles. The first-order valence-electron chi connectivity index (χ1n) is 12.0. The summed E-state index contributed by atoms with van der Waals surface area (Å²) < 4.78 is 18.7. The Morgan fingerprint density at radius 1 is 1.22 bits per heavy atom. The zero-order valence-corrected chi connectivity index (χ0v) is 23.0. The van der Waals surface area contributed by atoms with Crippen LogP contribution in [0.15, 0.2) is 63.5 Å². The number of halogens is 1. The number of fused-ring (bicyclic) bond motifs is 1. The van der Waals surface area contributed by atoms with Crippen molar-refractivity contribution in [3.05, 3.63) is 89.6 Å². The van der Waals surface area contributed by atoms with Gasteiger partial charge in [0.25, 0.3) is 5.56 Å². The van der Waals surface area contributed by atoms with Crippen molar-refractivity contribution in [3.8, 4) is 11.5 Å². The predicted octanol–water partition coefficient (Wildman–Crippen LogP) is 4.64. The molecule has 2 aromatic carbocycles. The number of hydrogen-bond acceptors (Lipinski definition) is 7. The molecule has 0 fully saturated rings. The molecule has 194 valence electrons. The molecule has 1 unspecified atom stereocenters. The molecular formula is C28H29ClN2O5S. The van der Waals surface area contributed by atoms with Gasteiger partial charge >= 0.3 is 5.97 Å². The number of carbonyl (C=O) groups excluding carboxylic acids is 1. The minimum Gasteiger partial charge on any atom is -0.493 e. The SMILES string of the molecule is CCCOc1ccc(C=c2sc3n(c2=O)C(c2ccccc2Cl)C(C(=O)OC(C)C)=C(C)N=3)cc1OC. The van der Waals surface area contributed by atoms with E-state index in [0.29, 0.717) is 49.3 Å². The number of allylic oxidation sites excluding steroid dienone is 1. The van der Waals surface area contributed by atoms with Crippen LogP contribution in [0.25, 0.3) is 6.08 Å². The summed E-state index contributed by atoms with van der Waals surface area (Å²) in [6.07, 6.45) is 2.33. The van der Waals surface area contributed by atoms with Crippen LogP contribution >= 0.6 is 22.9 Å². The summed E-state index contributed by atoms with van der Waals surface area (Å²) in [5.74, 6) is 0.701. The fourth-order valence-corrected chi connectivity index (χ4v) is 5.39. The highest BCUT2D eigenvalue weighted by molar-refractivity contribution is 7.07. The van der Waals surface area contributed by atoms with E-state index in [1.807, 2.05) is 37.3 Å². The van der Waals surface area contributed by atoms with Gasteiger partial charge in [-0.3, -0.25) is 9.36 Å². The summed E-state index contributed by atoms with van der Waals surface area (Å²) in [5.41, 5.74) is 1.90. The van der Waals surface area contributed by atoms with Gasteiger partial charge in [0, 0.05) is 5.02 Å². The molecule has 0 saturated carbocycles. The van der Waals surface area contributed by atoms with Gasteiger partial charge in [-0.1, -0.05) is 54.1 Å². The predicted molar refractivity (Wildman–Crippen MR) is 145 cm³/mol. The van der Waals surface area contributed by atoms with Crippen LogP contribution in [0.2, 0.25) is 5.02 Å². The molecule has 0 bridgehead atoms. The number of nitrogens with zero attached hydrogens (tertiary/aromatic N) is 2. The van der Waals surface area contributed by atoms with Crippen LogP contribution in [0.5, 0.6) is 11.5 Å². The van der Waals surface area contributed by atoms with Crippen molar-refractivity contribution in [1.29, 1.82) is 0 Å². The van der Waals surface area contributed by atoms with E-state index >= 15 is 0 Å². The lowest BCUT2D eigenvalue weighted by Crippen LogP contribution is -2.40. The third kappa shape index (κ3) is 5.50. The molecule has 0 amide bonds. The summed E-state index contributed by atoms with van der Waals surface area (Å²) in [6.45, 7) is 7.92. The van der Waals surface area contributed by atoms with E-state index in [2.05, 4.69) is 4.99 Å². The molecule has 0 spiro atoms. The number of aromatic nitrogens is 1. The molecule has 7 nitrogen and oxygen atoms in total. The minimum atomic E-state index is -0.766. The highest BCUT2D eigenvalue weighted by Crippen LogP contribution is 2.34. The Morgan fingerprint density at radius 3 is 2.65 bits per heavy atom. The van der Waals surface area contributed by atoms with Crippen LogP contribution in [0, 0.1) is 0 Å². The molecule has 9 heteroatoms. The lowest BCUT2D eigenvalue weighted by molar-refractivity contribution is -0.143. The van der Waals surface area contributed by atoms with Crippen LogP contribution in [0.1, 0.15) is 51.3 Å². The second-order valence-corrected chi connectivity index (χ2v) is 10.2. The Labute approximate surface area is 224 Å². The first-order valence-corrected chi connectivity index (χ1v) is 13.2. The molecule has 1 aromatic heterocycles. The van der Waals surface area contributed by atoms with E-state index in [1.54, 1.807) is 46.1 Å². The molecular weight excluding hydrogens is 512 g/mol. The van der Waals surface area contributed by atoms with Crippen molar-refractivity contribution in [2.45, 2.75) is 46.3 Å². The van der Waals surface area contributed by atoms with Crippen molar-refractivity contribution in [3.63, 3.8) is 0 Å². The van der Waals surface area contributed by atoms with Gasteiger partial charge in [0.15, 0.2) is 16.3 Å². The molecule has 0 radical (unpaired) electrons.